The maximum atomic E-state index is 13.0. The first-order valence-electron chi connectivity index (χ1n) is 4.71. The lowest BCUT2D eigenvalue weighted by molar-refractivity contribution is 0.0174. The third-order valence-corrected chi connectivity index (χ3v) is 2.47. The van der Waals surface area contributed by atoms with Crippen LogP contribution in [0.15, 0.2) is 18.2 Å². The molecule has 1 rings (SSSR count). The molecule has 0 amide bonds. The molecule has 0 saturated carbocycles. The number of alkyl halides is 2. The Balaban J connectivity index is 3.15. The molecule has 5 heteroatoms. The normalized spacial score (nSPS) is 13.6. The fourth-order valence-corrected chi connectivity index (χ4v) is 1.51. The zero-order valence-corrected chi connectivity index (χ0v) is 9.68. The fourth-order valence-electron chi connectivity index (χ4n) is 1.23. The number of benzene rings is 1. The van der Waals surface area contributed by atoms with Crippen molar-refractivity contribution in [2.75, 3.05) is 0 Å². The summed E-state index contributed by atoms with van der Waals surface area (Å²) in [7, 11) is 0. The van der Waals surface area contributed by atoms with Crippen molar-refractivity contribution in [2.24, 2.45) is 5.73 Å². The Bertz CT molecular complexity index is 413. The number of carbonyl (C=O) groups excluding carboxylic acids is 1. The zero-order chi connectivity index (χ0) is 12.5. The second-order valence-corrected chi connectivity index (χ2v) is 4.14. The van der Waals surface area contributed by atoms with Crippen LogP contribution in [-0.4, -0.2) is 11.8 Å². The first-order chi connectivity index (χ1) is 7.23. The van der Waals surface area contributed by atoms with Gasteiger partial charge in [0.15, 0.2) is 5.78 Å². The van der Waals surface area contributed by atoms with E-state index >= 15 is 0 Å². The number of halogens is 3. The minimum atomic E-state index is -2.97. The van der Waals surface area contributed by atoms with Crippen molar-refractivity contribution in [3.8, 4) is 0 Å². The number of ketones is 1. The lowest BCUT2D eigenvalue weighted by Crippen LogP contribution is -2.27. The van der Waals surface area contributed by atoms with Gasteiger partial charge in [-0.25, -0.2) is 8.78 Å². The molecule has 0 fully saturated rings. The van der Waals surface area contributed by atoms with E-state index in [1.54, 1.807) is 0 Å². The molecule has 2 nitrogen and oxygen atoms in total. The Hall–Kier alpha value is -1.00. The summed E-state index contributed by atoms with van der Waals surface area (Å²) in [5.41, 5.74) is 5.35. The molecule has 0 aliphatic rings. The molecule has 0 radical (unpaired) electrons. The molecule has 0 aliphatic carbocycles. The number of Topliss-reactive ketones (excluding diaryl/α,β-unsaturated/α-hetero) is 1. The molecule has 1 unspecified atom stereocenters. The van der Waals surface area contributed by atoms with E-state index < -0.39 is 12.0 Å². The molecule has 0 aliphatic heterocycles. The van der Waals surface area contributed by atoms with Gasteiger partial charge in [-0.2, -0.15) is 0 Å². The third kappa shape index (κ3) is 2.77. The molecule has 0 heterocycles. The van der Waals surface area contributed by atoms with Crippen LogP contribution in [0.1, 0.15) is 29.8 Å². The Labute approximate surface area is 97.4 Å². The van der Waals surface area contributed by atoms with E-state index in [-0.39, 0.29) is 21.9 Å². The highest BCUT2D eigenvalue weighted by molar-refractivity contribution is 6.34. The Morgan fingerprint density at radius 1 is 1.50 bits per heavy atom. The monoisotopic (exact) mass is 247 g/mol. The predicted octanol–water partition coefficient (Wildman–Crippen LogP) is 2.98. The van der Waals surface area contributed by atoms with E-state index in [0.717, 1.165) is 13.0 Å². The summed E-state index contributed by atoms with van der Waals surface area (Å²) in [5, 5.41) is 0.00123. The highest BCUT2D eigenvalue weighted by Gasteiger charge is 2.26. The maximum absolute atomic E-state index is 13.0. The van der Waals surface area contributed by atoms with Crippen LogP contribution in [0.2, 0.25) is 5.02 Å². The summed E-state index contributed by atoms with van der Waals surface area (Å²) >= 11 is 5.76. The largest absolute Gasteiger partial charge is 0.321 e. The molecular weight excluding hydrogens is 236 g/mol. The van der Waals surface area contributed by atoms with Crippen molar-refractivity contribution in [3.63, 3.8) is 0 Å². The number of hydrogen-bond acceptors (Lipinski definition) is 2. The second kappa shape index (κ2) is 4.47. The number of carbonyl (C=O) groups is 1. The van der Waals surface area contributed by atoms with Crippen LogP contribution in [0.3, 0.4) is 0 Å². The molecule has 2 N–H and O–H groups in total. The van der Waals surface area contributed by atoms with E-state index in [2.05, 4.69) is 0 Å². The molecule has 1 aromatic rings. The Morgan fingerprint density at radius 2 is 2.06 bits per heavy atom. The predicted molar refractivity (Wildman–Crippen MR) is 59.0 cm³/mol. The van der Waals surface area contributed by atoms with Gasteiger partial charge in [0.2, 0.25) is 0 Å². The van der Waals surface area contributed by atoms with Gasteiger partial charge in [0.1, 0.15) is 0 Å². The van der Waals surface area contributed by atoms with Gasteiger partial charge < -0.3 is 5.73 Å². The van der Waals surface area contributed by atoms with E-state index in [9.17, 15) is 13.6 Å². The van der Waals surface area contributed by atoms with Gasteiger partial charge >= 0.3 is 0 Å². The molecule has 1 atom stereocenters. The first-order valence-corrected chi connectivity index (χ1v) is 5.09. The summed E-state index contributed by atoms with van der Waals surface area (Å²) in [5.74, 6) is -3.34. The summed E-state index contributed by atoms with van der Waals surface area (Å²) < 4.78 is 25.9. The fraction of sp³-hybridized carbons (Fsp3) is 0.364. The zero-order valence-electron chi connectivity index (χ0n) is 8.93. The van der Waals surface area contributed by atoms with Gasteiger partial charge in [-0.15, -0.1) is 0 Å². The summed E-state index contributed by atoms with van der Waals surface area (Å²) in [4.78, 5) is 11.5. The van der Waals surface area contributed by atoms with Crippen molar-refractivity contribution >= 4 is 17.4 Å². The average molecular weight is 248 g/mol. The molecule has 16 heavy (non-hydrogen) atoms. The maximum Gasteiger partial charge on any atom is 0.270 e. The van der Waals surface area contributed by atoms with Gasteiger partial charge in [-0.1, -0.05) is 17.7 Å². The molecular formula is C11H12ClF2NO. The number of nitrogens with two attached hydrogens (primary N) is 1. The van der Waals surface area contributed by atoms with Crippen molar-refractivity contribution in [3.05, 3.63) is 34.3 Å². The molecule has 0 aromatic heterocycles. The third-order valence-electron chi connectivity index (χ3n) is 2.16. The van der Waals surface area contributed by atoms with Crippen molar-refractivity contribution in [1.82, 2.24) is 0 Å². The first kappa shape index (κ1) is 13.1. The standard InChI is InChI=1S/C11H12ClF2NO/c1-6(15)10(16)8-4-3-7(5-9(8)12)11(2,13)14/h3-6H,15H2,1-2H3. The average Bonchev–Trinajstić information content (AvgIpc) is 2.15. The molecule has 88 valence electrons. The van der Waals surface area contributed by atoms with Crippen LogP contribution in [0.4, 0.5) is 8.78 Å². The van der Waals surface area contributed by atoms with Crippen LogP contribution in [0.25, 0.3) is 0 Å². The molecule has 0 saturated heterocycles. The lowest BCUT2D eigenvalue weighted by atomic mass is 10.0. The topological polar surface area (TPSA) is 43.1 Å². The van der Waals surface area contributed by atoms with E-state index in [1.807, 2.05) is 0 Å². The SMILES string of the molecule is CC(N)C(=O)c1ccc(C(C)(F)F)cc1Cl. The summed E-state index contributed by atoms with van der Waals surface area (Å²) in [6, 6.07) is 2.85. The van der Waals surface area contributed by atoms with Crippen LogP contribution < -0.4 is 5.73 Å². The van der Waals surface area contributed by atoms with Gasteiger partial charge in [0, 0.05) is 18.1 Å². The smallest absolute Gasteiger partial charge is 0.270 e. The quantitative estimate of drug-likeness (QED) is 0.835. The highest BCUT2D eigenvalue weighted by Crippen LogP contribution is 2.30. The van der Waals surface area contributed by atoms with Crippen LogP contribution in [0, 0.1) is 0 Å². The van der Waals surface area contributed by atoms with Gasteiger partial charge in [-0.3, -0.25) is 4.79 Å². The van der Waals surface area contributed by atoms with Crippen LogP contribution in [-0.2, 0) is 5.92 Å². The second-order valence-electron chi connectivity index (χ2n) is 3.74. The minimum absolute atomic E-state index is 0.00123. The van der Waals surface area contributed by atoms with E-state index in [0.29, 0.717) is 0 Å². The van der Waals surface area contributed by atoms with E-state index in [1.165, 1.54) is 19.1 Å². The summed E-state index contributed by atoms with van der Waals surface area (Å²) in [6.45, 7) is 2.28. The summed E-state index contributed by atoms with van der Waals surface area (Å²) in [6.07, 6.45) is 0. The number of hydrogen-bond donors (Lipinski definition) is 1. The van der Waals surface area contributed by atoms with Crippen molar-refractivity contribution < 1.29 is 13.6 Å². The molecule has 1 aromatic carbocycles. The van der Waals surface area contributed by atoms with Gasteiger partial charge in [-0.05, 0) is 19.1 Å². The van der Waals surface area contributed by atoms with Crippen molar-refractivity contribution in [2.45, 2.75) is 25.8 Å². The van der Waals surface area contributed by atoms with Crippen LogP contribution in [0.5, 0.6) is 0 Å². The van der Waals surface area contributed by atoms with E-state index in [4.69, 9.17) is 17.3 Å². The van der Waals surface area contributed by atoms with Gasteiger partial charge in [0.25, 0.3) is 5.92 Å². The lowest BCUT2D eigenvalue weighted by Gasteiger charge is -2.13. The van der Waals surface area contributed by atoms with Crippen LogP contribution >= 0.6 is 11.6 Å². The molecule has 0 spiro atoms. The minimum Gasteiger partial charge on any atom is -0.321 e. The van der Waals surface area contributed by atoms with Gasteiger partial charge in [0.05, 0.1) is 11.1 Å². The van der Waals surface area contributed by atoms with Crippen molar-refractivity contribution in [1.29, 1.82) is 0 Å². The number of rotatable bonds is 3. The Morgan fingerprint density at radius 3 is 2.44 bits per heavy atom. The molecule has 0 bridgehead atoms. The highest BCUT2D eigenvalue weighted by atomic mass is 35.5. The Kier molecular flexibility index (Phi) is 3.65.